The van der Waals surface area contributed by atoms with Gasteiger partial charge < -0.3 is 19.4 Å². The first-order valence-electron chi connectivity index (χ1n) is 12.4. The van der Waals surface area contributed by atoms with Crippen LogP contribution in [0.2, 0.25) is 0 Å². The normalized spacial score (nSPS) is 25.2. The molecule has 1 N–H and O–H groups in total. The summed E-state index contributed by atoms with van der Waals surface area (Å²) in [5.41, 5.74) is 2.73. The number of ether oxygens (including phenoxy) is 2. The molecule has 1 spiro atoms. The number of hydrogen-bond acceptors (Lipinski definition) is 5. The molecule has 3 aliphatic heterocycles. The van der Waals surface area contributed by atoms with E-state index in [1.54, 1.807) is 0 Å². The van der Waals surface area contributed by atoms with E-state index in [9.17, 15) is 4.79 Å². The summed E-state index contributed by atoms with van der Waals surface area (Å²) in [5, 5.41) is 0. The van der Waals surface area contributed by atoms with E-state index in [2.05, 4.69) is 42.7 Å². The van der Waals surface area contributed by atoms with Crippen molar-refractivity contribution in [3.63, 3.8) is 0 Å². The Balaban J connectivity index is 1.28. The highest BCUT2D eigenvalue weighted by atomic mass is 32.2. The van der Waals surface area contributed by atoms with Crippen LogP contribution in [0, 0.1) is 5.92 Å². The van der Waals surface area contributed by atoms with Gasteiger partial charge in [-0.05, 0) is 49.5 Å². The molecule has 3 fully saturated rings. The third-order valence-corrected chi connectivity index (χ3v) is 9.07. The van der Waals surface area contributed by atoms with Gasteiger partial charge in [0.1, 0.15) is 11.6 Å². The number of fused-ring (bicyclic) bond motifs is 4. The van der Waals surface area contributed by atoms with E-state index >= 15 is 0 Å². The second-order valence-corrected chi connectivity index (χ2v) is 12.5. The Morgan fingerprint density at radius 2 is 2.03 bits per heavy atom. The molecule has 1 unspecified atom stereocenters. The monoisotopic (exact) mass is 467 g/mol. The third kappa shape index (κ3) is 4.02. The molecule has 2 saturated heterocycles. The van der Waals surface area contributed by atoms with Crippen molar-refractivity contribution in [3.05, 3.63) is 35.8 Å². The maximum Gasteiger partial charge on any atom is 0.409 e. The summed E-state index contributed by atoms with van der Waals surface area (Å²) in [4.78, 5) is 23.3. The fourth-order valence-corrected chi connectivity index (χ4v) is 6.83. The summed E-state index contributed by atoms with van der Waals surface area (Å²) in [6.45, 7) is 6.50. The number of benzene rings is 1. The molecule has 33 heavy (non-hydrogen) atoms. The highest BCUT2D eigenvalue weighted by molar-refractivity contribution is 8.00. The van der Waals surface area contributed by atoms with Crippen molar-refractivity contribution in [2.45, 2.75) is 68.6 Å². The lowest BCUT2D eigenvalue weighted by Gasteiger charge is -2.43. The molecule has 1 atom stereocenters. The van der Waals surface area contributed by atoms with Crippen LogP contribution < -0.4 is 4.74 Å². The number of nitrogens with one attached hydrogen (secondary N) is 1. The van der Waals surface area contributed by atoms with Crippen molar-refractivity contribution < 1.29 is 14.3 Å². The van der Waals surface area contributed by atoms with E-state index < -0.39 is 5.60 Å². The van der Waals surface area contributed by atoms with Gasteiger partial charge in [0.15, 0.2) is 5.60 Å². The number of amides is 1. The van der Waals surface area contributed by atoms with Gasteiger partial charge in [-0.3, -0.25) is 0 Å². The van der Waals surface area contributed by atoms with Crippen molar-refractivity contribution in [2.75, 3.05) is 25.4 Å². The first-order chi connectivity index (χ1) is 15.9. The molecule has 7 heteroatoms. The van der Waals surface area contributed by atoms with Crippen LogP contribution in [0.15, 0.2) is 24.3 Å². The van der Waals surface area contributed by atoms with Crippen molar-refractivity contribution in [3.8, 4) is 17.0 Å². The van der Waals surface area contributed by atoms with E-state index in [0.717, 1.165) is 54.2 Å². The highest BCUT2D eigenvalue weighted by Crippen LogP contribution is 2.50. The van der Waals surface area contributed by atoms with Crippen LogP contribution in [0.3, 0.4) is 0 Å². The average molecular weight is 468 g/mol. The number of thioether (sulfide) groups is 1. The van der Waals surface area contributed by atoms with Gasteiger partial charge in [-0.15, -0.1) is 0 Å². The minimum Gasteiger partial charge on any atom is -0.480 e. The van der Waals surface area contributed by atoms with Gasteiger partial charge in [-0.2, -0.15) is 11.8 Å². The summed E-state index contributed by atoms with van der Waals surface area (Å²) in [6.07, 6.45) is 5.94. The average Bonchev–Trinajstić information content (AvgIpc) is 3.52. The molecule has 1 amide bonds. The molecular formula is C26H33N3O3S. The predicted molar refractivity (Wildman–Crippen MR) is 130 cm³/mol. The second-order valence-electron chi connectivity index (χ2n) is 10.7. The Morgan fingerprint density at radius 1 is 1.24 bits per heavy atom. The molecular weight excluding hydrogens is 434 g/mol. The van der Waals surface area contributed by atoms with Crippen LogP contribution in [-0.4, -0.2) is 51.2 Å². The lowest BCUT2D eigenvalue weighted by molar-refractivity contribution is -0.00888. The topological polar surface area (TPSA) is 67.5 Å². The number of nitrogens with zero attached hydrogens (tertiary/aromatic N) is 2. The zero-order valence-corrected chi connectivity index (χ0v) is 20.4. The van der Waals surface area contributed by atoms with Crippen LogP contribution in [0.25, 0.3) is 11.3 Å². The smallest absolute Gasteiger partial charge is 0.409 e. The van der Waals surface area contributed by atoms with E-state index in [4.69, 9.17) is 14.5 Å². The number of piperidine rings is 1. The number of H-pyrrole nitrogens is 1. The fraction of sp³-hybridized carbons (Fsp3) is 0.615. The molecule has 2 aromatic rings. The van der Waals surface area contributed by atoms with Crippen LogP contribution in [0.1, 0.15) is 69.8 Å². The number of likely N-dealkylation sites (tertiary alicyclic amines) is 1. The van der Waals surface area contributed by atoms with Gasteiger partial charge >= 0.3 is 6.09 Å². The Morgan fingerprint density at radius 3 is 2.79 bits per heavy atom. The van der Waals surface area contributed by atoms with Gasteiger partial charge in [0.25, 0.3) is 0 Å². The Labute approximate surface area is 199 Å². The van der Waals surface area contributed by atoms with Gasteiger partial charge in [-0.25, -0.2) is 9.78 Å². The lowest BCUT2D eigenvalue weighted by atomic mass is 9.83. The predicted octanol–water partition coefficient (Wildman–Crippen LogP) is 5.70. The zero-order valence-electron chi connectivity index (χ0n) is 19.6. The van der Waals surface area contributed by atoms with Gasteiger partial charge in [0, 0.05) is 42.2 Å². The Bertz CT molecular complexity index is 1050. The van der Waals surface area contributed by atoms with E-state index in [0.29, 0.717) is 31.5 Å². The van der Waals surface area contributed by atoms with E-state index in [1.165, 1.54) is 18.6 Å². The number of para-hydroxylation sites is 1. The number of aromatic amines is 1. The SMILES string of the molecule is CC1(C)CC(c2nc3c([nH]2)C2(CCN(C(=O)OCC4CC4)CC2)Oc2ccccc2-3)CCS1. The van der Waals surface area contributed by atoms with Gasteiger partial charge in [-0.1, -0.05) is 26.0 Å². The Kier molecular flexibility index (Phi) is 5.16. The van der Waals surface area contributed by atoms with Crippen molar-refractivity contribution in [2.24, 2.45) is 5.92 Å². The molecule has 1 aromatic heterocycles. The summed E-state index contributed by atoms with van der Waals surface area (Å²) in [6, 6.07) is 8.23. The number of carbonyl (C=O) groups excluding carboxylic acids is 1. The van der Waals surface area contributed by atoms with Crippen molar-refractivity contribution >= 4 is 17.9 Å². The quantitative estimate of drug-likeness (QED) is 0.628. The van der Waals surface area contributed by atoms with Crippen LogP contribution >= 0.6 is 11.8 Å². The molecule has 4 aliphatic rings. The molecule has 6 nitrogen and oxygen atoms in total. The minimum absolute atomic E-state index is 0.180. The maximum atomic E-state index is 12.6. The summed E-state index contributed by atoms with van der Waals surface area (Å²) < 4.78 is 12.5. The van der Waals surface area contributed by atoms with Gasteiger partial charge in [0.05, 0.1) is 18.0 Å². The van der Waals surface area contributed by atoms with E-state index in [1.807, 2.05) is 17.0 Å². The molecule has 0 bridgehead atoms. The highest BCUT2D eigenvalue weighted by Gasteiger charge is 2.47. The summed E-state index contributed by atoms with van der Waals surface area (Å²) >= 11 is 2.06. The number of rotatable bonds is 3. The first kappa shape index (κ1) is 21.4. The molecule has 176 valence electrons. The second kappa shape index (κ2) is 7.97. The number of carbonyl (C=O) groups is 1. The number of aromatic nitrogens is 2. The maximum absolute atomic E-state index is 12.6. The fourth-order valence-electron chi connectivity index (χ4n) is 5.56. The van der Waals surface area contributed by atoms with Crippen LogP contribution in [0.4, 0.5) is 4.79 Å². The van der Waals surface area contributed by atoms with E-state index in [-0.39, 0.29) is 10.8 Å². The standard InChI is InChI=1S/C26H33N3O3S/c1-25(2)15-18(9-14-33-25)23-27-21-19-5-3-4-6-20(19)32-26(22(21)28-23)10-12-29(13-11-26)24(30)31-16-17-7-8-17/h3-6,17-18H,7-16H2,1-2H3,(H,27,28). The first-order valence-corrected chi connectivity index (χ1v) is 13.4. The van der Waals surface area contributed by atoms with Crippen molar-refractivity contribution in [1.82, 2.24) is 14.9 Å². The molecule has 1 aromatic carbocycles. The van der Waals surface area contributed by atoms with Crippen LogP contribution in [0.5, 0.6) is 5.75 Å². The number of hydrogen-bond donors (Lipinski definition) is 1. The zero-order chi connectivity index (χ0) is 22.6. The van der Waals surface area contributed by atoms with Gasteiger partial charge in [0.2, 0.25) is 0 Å². The molecule has 4 heterocycles. The minimum atomic E-state index is -0.471. The molecule has 1 saturated carbocycles. The molecule has 6 rings (SSSR count). The largest absolute Gasteiger partial charge is 0.480 e. The Hall–Kier alpha value is -2.15. The lowest BCUT2D eigenvalue weighted by Crippen LogP contribution is -2.49. The third-order valence-electron chi connectivity index (χ3n) is 7.68. The van der Waals surface area contributed by atoms with Crippen LogP contribution in [-0.2, 0) is 10.3 Å². The molecule has 1 aliphatic carbocycles. The summed E-state index contributed by atoms with van der Waals surface area (Å²) in [5.74, 6) is 4.18. The number of imidazole rings is 1. The van der Waals surface area contributed by atoms with Crippen molar-refractivity contribution in [1.29, 1.82) is 0 Å². The molecule has 0 radical (unpaired) electrons. The summed E-state index contributed by atoms with van der Waals surface area (Å²) in [7, 11) is 0.